The highest BCUT2D eigenvalue weighted by Crippen LogP contribution is 2.72. The molecule has 18 rings (SSSR count). The van der Waals surface area contributed by atoms with E-state index in [-0.39, 0.29) is 10.8 Å². The smallest absolute Gasteiger partial charge is 0.0467 e. The molecule has 1 heteroatoms. The Labute approximate surface area is 408 Å². The normalized spacial score (nSPS) is 29.9. The molecule has 10 aliphatic rings. The van der Waals surface area contributed by atoms with E-state index in [2.05, 4.69) is 193 Å². The van der Waals surface area contributed by atoms with Gasteiger partial charge in [0.1, 0.15) is 0 Å². The Morgan fingerprint density at radius 2 is 0.725 bits per heavy atom. The summed E-state index contributed by atoms with van der Waals surface area (Å²) in [7, 11) is 0. The molecular weight excluding hydrogens is 831 g/mol. The standard InChI is InChI=1S/C68H59N/c1-2-14-55(15-3-1)69(56-26-23-46(24-27-56)49-25-28-61-59-17-4-6-21-63(59)67(65(61)41-49)51-31-42-29-43(33-51)34-52(67)32-42)57-16-9-12-48(40-57)47-11-8-13-50(39-47)58-19-10-20-62-60-18-5-7-22-64(60)68(66(58)62)53-35-44-30-45(37-53)38-54(68)36-44/h1-28,39-45,51-54H,29-38H2. The molecule has 0 N–H and O–H groups in total. The van der Waals surface area contributed by atoms with Crippen molar-refractivity contribution in [1.82, 2.24) is 0 Å². The maximum Gasteiger partial charge on any atom is 0.0467 e. The zero-order valence-corrected chi connectivity index (χ0v) is 39.5. The van der Waals surface area contributed by atoms with E-state index in [4.69, 9.17) is 0 Å². The first-order chi connectivity index (χ1) is 34.1. The SMILES string of the molecule is c1ccc(N(c2ccc(-c3ccc4c(c3)C3(c5ccccc5-4)C4CC5CC(C4)CC3C5)cc2)c2cccc(-c3cccc(-c4cccc5c4C4(c6ccccc6-5)C5CC6CC(C5)CC4C6)c3)c2)cc1. The van der Waals surface area contributed by atoms with Gasteiger partial charge >= 0.3 is 0 Å². The fourth-order valence-corrected chi connectivity index (χ4v) is 18.3. The fraction of sp³-hybridized carbons (Fsp3) is 0.294. The van der Waals surface area contributed by atoms with E-state index < -0.39 is 0 Å². The number of para-hydroxylation sites is 1. The maximum atomic E-state index is 2.63. The summed E-state index contributed by atoms with van der Waals surface area (Å²) in [6.45, 7) is 0. The first-order valence-electron chi connectivity index (χ1n) is 26.8. The van der Waals surface area contributed by atoms with Crippen molar-refractivity contribution >= 4 is 17.1 Å². The van der Waals surface area contributed by atoms with Gasteiger partial charge in [-0.05, 0) is 238 Å². The van der Waals surface area contributed by atoms with Crippen LogP contribution in [0.5, 0.6) is 0 Å². The summed E-state index contributed by atoms with van der Waals surface area (Å²) in [4.78, 5) is 2.44. The fourth-order valence-electron chi connectivity index (χ4n) is 18.3. The maximum absolute atomic E-state index is 2.63. The molecule has 0 atom stereocenters. The van der Waals surface area contributed by atoms with Crippen LogP contribution in [0.1, 0.15) is 86.5 Å². The van der Waals surface area contributed by atoms with Crippen LogP contribution < -0.4 is 4.90 Å². The number of rotatable bonds is 6. The Morgan fingerprint density at radius 3 is 1.41 bits per heavy atom. The van der Waals surface area contributed by atoms with Gasteiger partial charge in [-0.15, -0.1) is 0 Å². The van der Waals surface area contributed by atoms with Gasteiger partial charge in [-0.25, -0.2) is 0 Å². The first kappa shape index (κ1) is 39.4. The summed E-state index contributed by atoms with van der Waals surface area (Å²) in [5.41, 5.74) is 24.2. The number of fused-ring (bicyclic) bond motifs is 6. The molecule has 2 spiro atoms. The molecular formula is C68H59N. The quantitative estimate of drug-likeness (QED) is 0.161. The number of hydrogen-bond acceptors (Lipinski definition) is 1. The molecule has 8 aromatic rings. The van der Waals surface area contributed by atoms with Crippen LogP contribution in [0.4, 0.5) is 17.1 Å². The lowest BCUT2D eigenvalue weighted by molar-refractivity contribution is -0.0399. The molecule has 1 nitrogen and oxygen atoms in total. The summed E-state index contributed by atoms with van der Waals surface area (Å²) in [5.74, 6) is 6.73. The topological polar surface area (TPSA) is 3.24 Å². The third-order valence-electron chi connectivity index (χ3n) is 20.2. The van der Waals surface area contributed by atoms with Crippen molar-refractivity contribution in [3.8, 4) is 55.6 Å². The number of benzene rings is 8. The zero-order chi connectivity index (χ0) is 45.0. The largest absolute Gasteiger partial charge is 0.310 e. The van der Waals surface area contributed by atoms with Crippen molar-refractivity contribution in [3.05, 3.63) is 210 Å². The van der Waals surface area contributed by atoms with E-state index in [1.807, 2.05) is 0 Å². The second-order valence-corrected chi connectivity index (χ2v) is 23.3. The molecule has 69 heavy (non-hydrogen) atoms. The van der Waals surface area contributed by atoms with E-state index in [1.54, 1.807) is 22.3 Å². The zero-order valence-electron chi connectivity index (χ0n) is 39.5. The second-order valence-electron chi connectivity index (χ2n) is 23.3. The summed E-state index contributed by atoms with van der Waals surface area (Å²) < 4.78 is 0. The van der Waals surface area contributed by atoms with Gasteiger partial charge in [0.05, 0.1) is 0 Å². The summed E-state index contributed by atoms with van der Waals surface area (Å²) in [6.07, 6.45) is 14.2. The van der Waals surface area contributed by atoms with Gasteiger partial charge in [-0.2, -0.15) is 0 Å². The van der Waals surface area contributed by atoms with E-state index in [1.165, 1.54) is 131 Å². The number of nitrogens with zero attached hydrogens (tertiary/aromatic N) is 1. The third kappa shape index (κ3) is 5.43. The molecule has 0 unspecified atom stereocenters. The minimum absolute atomic E-state index is 0.126. The van der Waals surface area contributed by atoms with Gasteiger partial charge in [-0.1, -0.05) is 140 Å². The van der Waals surface area contributed by atoms with Crippen molar-refractivity contribution < 1.29 is 0 Å². The predicted octanol–water partition coefficient (Wildman–Crippen LogP) is 17.6. The minimum atomic E-state index is 0.126. The van der Waals surface area contributed by atoms with Gasteiger partial charge in [0.25, 0.3) is 0 Å². The Hall–Kier alpha value is -6.44. The third-order valence-corrected chi connectivity index (χ3v) is 20.2. The van der Waals surface area contributed by atoms with Crippen molar-refractivity contribution in [1.29, 1.82) is 0 Å². The van der Waals surface area contributed by atoms with Crippen molar-refractivity contribution in [2.75, 3.05) is 4.90 Å². The summed E-state index contributed by atoms with van der Waals surface area (Å²) >= 11 is 0. The molecule has 8 saturated carbocycles. The summed E-state index contributed by atoms with van der Waals surface area (Å²) in [6, 6.07) is 72.9. The monoisotopic (exact) mass is 889 g/mol. The van der Waals surface area contributed by atoms with Gasteiger partial charge < -0.3 is 4.90 Å². The molecule has 10 aliphatic carbocycles. The Kier molecular flexibility index (Phi) is 8.31. The molecule has 8 aromatic carbocycles. The highest BCUT2D eigenvalue weighted by molar-refractivity contribution is 5.91. The molecule has 8 fully saturated rings. The Balaban J connectivity index is 0.760. The predicted molar refractivity (Wildman–Crippen MR) is 284 cm³/mol. The number of anilines is 3. The molecule has 336 valence electrons. The lowest BCUT2D eigenvalue weighted by Crippen LogP contribution is -2.55. The molecule has 0 radical (unpaired) electrons. The van der Waals surface area contributed by atoms with E-state index in [0.717, 1.165) is 53.0 Å². The molecule has 0 aromatic heterocycles. The minimum Gasteiger partial charge on any atom is -0.310 e. The van der Waals surface area contributed by atoms with Crippen LogP contribution in [0.3, 0.4) is 0 Å². The Bertz CT molecular complexity index is 3320. The lowest BCUT2D eigenvalue weighted by atomic mass is 9.42. The van der Waals surface area contributed by atoms with Crippen molar-refractivity contribution in [2.45, 2.75) is 75.0 Å². The van der Waals surface area contributed by atoms with Crippen LogP contribution in [0, 0.1) is 47.3 Å². The molecule has 0 aliphatic heterocycles. The van der Waals surface area contributed by atoms with E-state index in [9.17, 15) is 0 Å². The second kappa shape index (κ2) is 14.6. The lowest BCUT2D eigenvalue weighted by Gasteiger charge is -2.61. The van der Waals surface area contributed by atoms with Crippen molar-refractivity contribution in [2.24, 2.45) is 47.3 Å². The molecule has 0 amide bonds. The molecule has 0 heterocycles. The van der Waals surface area contributed by atoms with Gasteiger partial charge in [0.2, 0.25) is 0 Å². The van der Waals surface area contributed by atoms with Crippen LogP contribution in [0.15, 0.2) is 188 Å². The van der Waals surface area contributed by atoms with E-state index >= 15 is 0 Å². The summed E-state index contributed by atoms with van der Waals surface area (Å²) in [5, 5.41) is 0. The number of hydrogen-bond donors (Lipinski definition) is 0. The average molecular weight is 890 g/mol. The molecule has 0 saturated heterocycles. The van der Waals surface area contributed by atoms with Gasteiger partial charge in [0.15, 0.2) is 0 Å². The van der Waals surface area contributed by atoms with Crippen LogP contribution in [0.2, 0.25) is 0 Å². The van der Waals surface area contributed by atoms with Gasteiger partial charge in [-0.3, -0.25) is 0 Å². The van der Waals surface area contributed by atoms with Crippen LogP contribution in [0.25, 0.3) is 55.6 Å². The Morgan fingerprint density at radius 1 is 0.275 bits per heavy atom. The van der Waals surface area contributed by atoms with E-state index in [0.29, 0.717) is 0 Å². The average Bonchev–Trinajstić information content (AvgIpc) is 3.86. The van der Waals surface area contributed by atoms with Gasteiger partial charge in [0, 0.05) is 27.9 Å². The highest BCUT2D eigenvalue weighted by Gasteiger charge is 2.63. The van der Waals surface area contributed by atoms with Crippen LogP contribution in [-0.4, -0.2) is 0 Å². The first-order valence-corrected chi connectivity index (χ1v) is 26.8. The van der Waals surface area contributed by atoms with Crippen LogP contribution >= 0.6 is 0 Å². The van der Waals surface area contributed by atoms with Crippen molar-refractivity contribution in [3.63, 3.8) is 0 Å². The highest BCUT2D eigenvalue weighted by atomic mass is 15.1. The van der Waals surface area contributed by atoms with Crippen LogP contribution in [-0.2, 0) is 10.8 Å². The molecule has 8 bridgehead atoms.